The number of benzene rings is 21. The summed E-state index contributed by atoms with van der Waals surface area (Å²) in [4.78, 5) is 4.71. The van der Waals surface area contributed by atoms with E-state index in [-0.39, 0.29) is 0 Å². The molecule has 25 rings (SSSR count). The molecule has 4 aromatic heterocycles. The molecule has 0 unspecified atom stereocenters. The molecule has 0 aliphatic heterocycles. The van der Waals surface area contributed by atoms with Crippen LogP contribution in [0.2, 0.25) is 0 Å². The van der Waals surface area contributed by atoms with Gasteiger partial charge in [-0.05, 0) is 247 Å². The Morgan fingerprint density at radius 1 is 0.115 bits per heavy atom. The SMILES string of the molecule is c1ccc(-c2ccc(-c3ccc(N(c4ccc(-c5ccc(-n6c7ccccc7c7ccccc76)cc5)cc4)c4ccc(-n5c6ccccc6c6ccccc65)cc4)cc3)cc2)cc1.c1ccc2c(-c3ccc(-c4ccc(N(c5ccc(-c6ccc(-n7c8ccccc8c8ccccc87)cc6)cc5)c5ccc(-n6c7ccccc7c7ccccc76)cc5)cc4)cc3)cccc2c1. The minimum atomic E-state index is 1.08. The van der Waals surface area contributed by atoms with Gasteiger partial charge in [-0.25, -0.2) is 0 Å². The second-order valence-electron chi connectivity index (χ2n) is 33.5. The Balaban J connectivity index is 0.000000144. The van der Waals surface area contributed by atoms with Gasteiger partial charge < -0.3 is 28.1 Å². The molecule has 25 aromatic rings. The smallest absolute Gasteiger partial charge is 0.0541 e. The molecule has 0 atom stereocenters. The number of nitrogens with zero attached hydrogens (tertiary/aromatic N) is 6. The Bertz CT molecular complexity index is 8280. The van der Waals surface area contributed by atoms with Gasteiger partial charge in [0, 0.05) is 100.0 Å². The number of hydrogen-bond acceptors (Lipinski definition) is 2. The van der Waals surface area contributed by atoms with Crippen LogP contribution in [-0.2, 0) is 0 Å². The highest BCUT2D eigenvalue weighted by Gasteiger charge is 2.22. The standard InChI is InChI=1S/C64H43N3.C60H41N3/c1-2-14-55-48(12-1)13-11-19-56(55)49-26-24-44(25-27-49)45-28-34-50(35-29-45)65(52-40-42-54(43-41-52)67-63-22-9-5-17-59(63)60-18-6-10-23-64(60)67)51-36-30-46(31-37-51)47-32-38-53(39-33-47)66-61-20-7-3-15-57(61)58-16-4-8-21-62(58)66;1-2-12-42(13-3-1)43-22-24-44(25-23-43)45-26-32-48(33-27-45)61(50-38-40-52(41-39-50)63-59-20-10-6-16-55(59)56-17-7-11-21-60(56)63)49-34-28-46(29-35-49)47-30-36-51(37-31-47)62-57-18-8-4-14-53(57)54-15-5-9-19-58(54)62/h1-43H;1-41H. The Morgan fingerprint density at radius 3 is 0.538 bits per heavy atom. The number of hydrogen-bond donors (Lipinski definition) is 0. The number of aromatic nitrogens is 4. The summed E-state index contributed by atoms with van der Waals surface area (Å²) in [5.74, 6) is 0. The molecule has 21 aromatic carbocycles. The predicted molar refractivity (Wildman–Crippen MR) is 550 cm³/mol. The van der Waals surface area contributed by atoms with Crippen molar-refractivity contribution in [3.63, 3.8) is 0 Å². The molecule has 6 nitrogen and oxygen atoms in total. The van der Waals surface area contributed by atoms with Crippen LogP contribution >= 0.6 is 0 Å². The zero-order valence-corrected chi connectivity index (χ0v) is 71.2. The second kappa shape index (κ2) is 32.7. The molecule has 0 fully saturated rings. The third-order valence-corrected chi connectivity index (χ3v) is 26.1. The van der Waals surface area contributed by atoms with Crippen molar-refractivity contribution in [3.05, 3.63) is 510 Å². The molecule has 0 N–H and O–H groups in total. The van der Waals surface area contributed by atoms with E-state index in [0.717, 1.165) is 56.9 Å². The summed E-state index contributed by atoms with van der Waals surface area (Å²) in [5, 5.41) is 12.6. The zero-order valence-electron chi connectivity index (χ0n) is 71.2. The fourth-order valence-corrected chi connectivity index (χ4v) is 19.8. The summed E-state index contributed by atoms with van der Waals surface area (Å²) in [7, 11) is 0. The quantitative estimate of drug-likeness (QED) is 0.0964. The first-order valence-corrected chi connectivity index (χ1v) is 44.6. The first-order chi connectivity index (χ1) is 64.5. The van der Waals surface area contributed by atoms with Crippen LogP contribution in [0.3, 0.4) is 0 Å². The summed E-state index contributed by atoms with van der Waals surface area (Å²) in [6.45, 7) is 0. The Hall–Kier alpha value is -17.3. The largest absolute Gasteiger partial charge is 0.311 e. The van der Waals surface area contributed by atoms with Crippen LogP contribution in [0.25, 0.3) is 188 Å². The van der Waals surface area contributed by atoms with Crippen molar-refractivity contribution in [3.8, 4) is 89.5 Å². The van der Waals surface area contributed by atoms with Crippen molar-refractivity contribution in [2.45, 2.75) is 0 Å². The molecular weight excluding hydrogens is 1570 g/mol. The first kappa shape index (κ1) is 76.3. The summed E-state index contributed by atoms with van der Waals surface area (Å²) >= 11 is 0. The fourth-order valence-electron chi connectivity index (χ4n) is 19.8. The lowest BCUT2D eigenvalue weighted by Gasteiger charge is -2.26. The van der Waals surface area contributed by atoms with Gasteiger partial charge in [0.1, 0.15) is 0 Å². The molecule has 0 saturated carbocycles. The third-order valence-electron chi connectivity index (χ3n) is 26.1. The van der Waals surface area contributed by atoms with Gasteiger partial charge in [0.05, 0.1) is 44.1 Å². The summed E-state index contributed by atoms with van der Waals surface area (Å²) in [6, 6.07) is 185. The van der Waals surface area contributed by atoms with Gasteiger partial charge in [0.2, 0.25) is 0 Å². The topological polar surface area (TPSA) is 26.2 Å². The van der Waals surface area contributed by atoms with Gasteiger partial charge in [0.25, 0.3) is 0 Å². The Kier molecular flexibility index (Phi) is 19.2. The van der Waals surface area contributed by atoms with Crippen molar-refractivity contribution in [1.29, 1.82) is 0 Å². The van der Waals surface area contributed by atoms with Crippen molar-refractivity contribution < 1.29 is 0 Å². The van der Waals surface area contributed by atoms with E-state index in [4.69, 9.17) is 0 Å². The van der Waals surface area contributed by atoms with Crippen molar-refractivity contribution in [1.82, 2.24) is 18.3 Å². The van der Waals surface area contributed by atoms with E-state index in [9.17, 15) is 0 Å². The number of anilines is 6. The van der Waals surface area contributed by atoms with Gasteiger partial charge in [-0.15, -0.1) is 0 Å². The van der Waals surface area contributed by atoms with Gasteiger partial charge >= 0.3 is 0 Å². The minimum Gasteiger partial charge on any atom is -0.311 e. The highest BCUT2D eigenvalue weighted by molar-refractivity contribution is 6.13. The molecule has 130 heavy (non-hydrogen) atoms. The summed E-state index contributed by atoms with van der Waals surface area (Å²) in [5.41, 5.74) is 35.1. The third kappa shape index (κ3) is 13.7. The highest BCUT2D eigenvalue weighted by atomic mass is 15.2. The van der Waals surface area contributed by atoms with Crippen LogP contribution < -0.4 is 9.80 Å². The van der Waals surface area contributed by atoms with Crippen LogP contribution in [0.4, 0.5) is 34.1 Å². The molecule has 4 heterocycles. The maximum atomic E-state index is 2.38. The van der Waals surface area contributed by atoms with Gasteiger partial charge in [-0.1, -0.05) is 340 Å². The summed E-state index contributed by atoms with van der Waals surface area (Å²) in [6.07, 6.45) is 0. The monoisotopic (exact) mass is 1660 g/mol. The van der Waals surface area contributed by atoms with E-state index in [1.54, 1.807) is 0 Å². The molecule has 0 aliphatic rings. The number of fused-ring (bicyclic) bond motifs is 13. The first-order valence-electron chi connectivity index (χ1n) is 44.6. The zero-order chi connectivity index (χ0) is 86.0. The van der Waals surface area contributed by atoms with Crippen molar-refractivity contribution in [2.24, 2.45) is 0 Å². The molecule has 0 amide bonds. The van der Waals surface area contributed by atoms with Crippen LogP contribution in [0.5, 0.6) is 0 Å². The molecule has 6 heteroatoms. The second-order valence-corrected chi connectivity index (χ2v) is 33.5. The summed E-state index contributed by atoms with van der Waals surface area (Å²) < 4.78 is 9.49. The van der Waals surface area contributed by atoms with Crippen LogP contribution in [0.1, 0.15) is 0 Å². The van der Waals surface area contributed by atoms with Gasteiger partial charge in [-0.2, -0.15) is 0 Å². The lowest BCUT2D eigenvalue weighted by molar-refractivity contribution is 1.17. The van der Waals surface area contributed by atoms with Crippen LogP contribution in [0.15, 0.2) is 510 Å². The molecule has 0 spiro atoms. The van der Waals surface area contributed by atoms with Crippen molar-refractivity contribution in [2.75, 3.05) is 9.80 Å². The normalized spacial score (nSPS) is 11.5. The fraction of sp³-hybridized carbons (Fsp3) is 0. The van der Waals surface area contributed by atoms with E-state index in [0.29, 0.717) is 0 Å². The maximum Gasteiger partial charge on any atom is 0.0541 e. The molecule has 0 aliphatic carbocycles. The predicted octanol–water partition coefficient (Wildman–Crippen LogP) is 33.9. The lowest BCUT2D eigenvalue weighted by Crippen LogP contribution is -2.10. The Labute approximate surface area is 754 Å². The van der Waals surface area contributed by atoms with Gasteiger partial charge in [-0.3, -0.25) is 0 Å². The molecule has 610 valence electrons. The van der Waals surface area contributed by atoms with Crippen molar-refractivity contribution >= 4 is 132 Å². The maximum absolute atomic E-state index is 2.38. The average Bonchev–Trinajstić information content (AvgIpc) is 1.64. The number of rotatable bonds is 16. The van der Waals surface area contributed by atoms with Gasteiger partial charge in [0.15, 0.2) is 0 Å². The molecule has 0 radical (unpaired) electrons. The van der Waals surface area contributed by atoms with E-state index >= 15 is 0 Å². The average molecular weight is 1660 g/mol. The van der Waals surface area contributed by atoms with E-state index in [2.05, 4.69) is 538 Å². The minimum absolute atomic E-state index is 1.08. The van der Waals surface area contributed by atoms with E-state index in [1.807, 2.05) is 0 Å². The Morgan fingerprint density at radius 2 is 0.285 bits per heavy atom. The lowest BCUT2D eigenvalue weighted by atomic mass is 9.96. The molecular formula is C124H84N6. The number of para-hydroxylation sites is 8. The van der Waals surface area contributed by atoms with E-state index < -0.39 is 0 Å². The highest BCUT2D eigenvalue weighted by Crippen LogP contribution is 2.45. The van der Waals surface area contributed by atoms with Crippen LogP contribution in [-0.4, -0.2) is 18.3 Å². The van der Waals surface area contributed by atoms with E-state index in [1.165, 1.54) is 165 Å². The molecule has 0 bridgehead atoms. The van der Waals surface area contributed by atoms with Crippen LogP contribution in [0, 0.1) is 0 Å². The molecule has 0 saturated heterocycles.